The fraction of sp³-hybridized carbons (Fsp3) is 0.333. The molecule has 0 radical (unpaired) electrons. The minimum absolute atomic E-state index is 0.0485. The largest absolute Gasteiger partial charge is 0.434 e. The minimum Gasteiger partial charge on any atom is -0.434 e. The number of hydrogen-bond donors (Lipinski definition) is 1. The molecule has 32 heavy (non-hydrogen) atoms. The molecule has 11 heteroatoms. The van der Waals surface area contributed by atoms with E-state index < -0.39 is 16.6 Å². The van der Waals surface area contributed by atoms with Gasteiger partial charge in [-0.2, -0.15) is 18.2 Å². The Morgan fingerprint density at radius 3 is 2.53 bits per heavy atom. The zero-order valence-electron chi connectivity index (χ0n) is 17.1. The lowest BCUT2D eigenvalue weighted by Gasteiger charge is -2.26. The standard InChI is InChI=1S/C21H23F2N3O5S/c22-21(23)31-19-4-2-1-3-17(19)15-24-25-20(27)10-7-16-5-8-18(9-6-16)32(28,29)26-11-13-30-14-12-26/h1-6,8-9,15,21H,7,10-14H2,(H,25,27)/b24-15+. The van der Waals surface area contributed by atoms with Gasteiger partial charge in [-0.15, -0.1) is 0 Å². The summed E-state index contributed by atoms with van der Waals surface area (Å²) in [6.45, 7) is -1.57. The van der Waals surface area contributed by atoms with Gasteiger partial charge in [0, 0.05) is 25.1 Å². The van der Waals surface area contributed by atoms with Crippen LogP contribution in [0.2, 0.25) is 0 Å². The molecule has 0 spiro atoms. The van der Waals surface area contributed by atoms with E-state index in [0.717, 1.165) is 5.56 Å². The number of sulfonamides is 1. The van der Waals surface area contributed by atoms with Gasteiger partial charge in [0.1, 0.15) is 5.75 Å². The van der Waals surface area contributed by atoms with E-state index in [1.807, 2.05) is 0 Å². The molecule has 1 amide bonds. The van der Waals surface area contributed by atoms with E-state index >= 15 is 0 Å². The molecule has 0 atom stereocenters. The molecule has 0 aromatic heterocycles. The second-order valence-corrected chi connectivity index (χ2v) is 8.81. The Kier molecular flexibility index (Phi) is 8.26. The van der Waals surface area contributed by atoms with Crippen LogP contribution in [0.5, 0.6) is 5.75 Å². The van der Waals surface area contributed by atoms with Crippen LogP contribution in [-0.2, 0) is 26.0 Å². The molecule has 0 saturated carbocycles. The number of morpholine rings is 1. The molecule has 2 aromatic rings. The first kappa shape index (κ1) is 23.8. The van der Waals surface area contributed by atoms with Gasteiger partial charge in [-0.3, -0.25) is 4.79 Å². The third kappa shape index (κ3) is 6.55. The molecule has 1 saturated heterocycles. The Hall–Kier alpha value is -2.89. The molecule has 1 aliphatic heterocycles. The molecule has 172 valence electrons. The van der Waals surface area contributed by atoms with E-state index in [2.05, 4.69) is 15.3 Å². The molecule has 1 N–H and O–H groups in total. The third-order valence-electron chi connectivity index (χ3n) is 4.70. The fourth-order valence-corrected chi connectivity index (χ4v) is 4.45. The van der Waals surface area contributed by atoms with Crippen molar-refractivity contribution < 1.29 is 31.5 Å². The maximum absolute atomic E-state index is 12.6. The smallest absolute Gasteiger partial charge is 0.387 e. The van der Waals surface area contributed by atoms with Gasteiger partial charge in [0.25, 0.3) is 0 Å². The number of halogens is 2. The average molecular weight is 467 g/mol. The molecule has 1 heterocycles. The van der Waals surface area contributed by atoms with Crippen LogP contribution in [0.3, 0.4) is 0 Å². The Balaban J connectivity index is 1.51. The van der Waals surface area contributed by atoms with Gasteiger partial charge < -0.3 is 9.47 Å². The lowest BCUT2D eigenvalue weighted by atomic mass is 10.1. The van der Waals surface area contributed by atoms with E-state index in [1.165, 1.54) is 34.8 Å². The highest BCUT2D eigenvalue weighted by Crippen LogP contribution is 2.19. The van der Waals surface area contributed by atoms with Crippen molar-refractivity contribution in [3.05, 3.63) is 59.7 Å². The molecule has 1 fully saturated rings. The van der Waals surface area contributed by atoms with Gasteiger partial charge >= 0.3 is 6.61 Å². The number of alkyl halides is 2. The number of benzene rings is 2. The molecule has 0 aliphatic carbocycles. The van der Waals surface area contributed by atoms with Gasteiger partial charge in [0.15, 0.2) is 0 Å². The SMILES string of the molecule is O=C(CCc1ccc(S(=O)(=O)N2CCOCC2)cc1)N/N=C/c1ccccc1OC(F)F. The molecule has 2 aromatic carbocycles. The highest BCUT2D eigenvalue weighted by atomic mass is 32.2. The van der Waals surface area contributed by atoms with E-state index in [1.54, 1.807) is 24.3 Å². The van der Waals surface area contributed by atoms with Crippen molar-refractivity contribution in [2.75, 3.05) is 26.3 Å². The summed E-state index contributed by atoms with van der Waals surface area (Å²) in [4.78, 5) is 12.2. The summed E-state index contributed by atoms with van der Waals surface area (Å²) >= 11 is 0. The lowest BCUT2D eigenvalue weighted by Crippen LogP contribution is -2.40. The van der Waals surface area contributed by atoms with Crippen molar-refractivity contribution >= 4 is 22.1 Å². The summed E-state index contributed by atoms with van der Waals surface area (Å²) in [6, 6.07) is 12.5. The normalized spacial score (nSPS) is 15.2. The monoisotopic (exact) mass is 467 g/mol. The highest BCUT2D eigenvalue weighted by Gasteiger charge is 2.26. The number of ether oxygens (including phenoxy) is 2. The summed E-state index contributed by atoms with van der Waals surface area (Å²) in [5.74, 6) is -0.425. The van der Waals surface area contributed by atoms with Crippen LogP contribution in [-0.4, -0.2) is 57.8 Å². The number of hydrazone groups is 1. The lowest BCUT2D eigenvalue weighted by molar-refractivity contribution is -0.121. The van der Waals surface area contributed by atoms with Crippen molar-refractivity contribution in [1.82, 2.24) is 9.73 Å². The van der Waals surface area contributed by atoms with Gasteiger partial charge in [0.2, 0.25) is 15.9 Å². The Morgan fingerprint density at radius 1 is 1.16 bits per heavy atom. The summed E-state index contributed by atoms with van der Waals surface area (Å²) in [6.07, 6.45) is 1.72. The number of hydrogen-bond acceptors (Lipinski definition) is 6. The van der Waals surface area contributed by atoms with Crippen molar-refractivity contribution in [2.45, 2.75) is 24.3 Å². The van der Waals surface area contributed by atoms with Crippen LogP contribution < -0.4 is 10.2 Å². The van der Waals surface area contributed by atoms with Crippen LogP contribution in [0.1, 0.15) is 17.5 Å². The first-order valence-corrected chi connectivity index (χ1v) is 11.3. The zero-order chi connectivity index (χ0) is 23.0. The predicted molar refractivity (Wildman–Crippen MR) is 113 cm³/mol. The first-order chi connectivity index (χ1) is 15.4. The van der Waals surface area contributed by atoms with Crippen LogP contribution >= 0.6 is 0 Å². The van der Waals surface area contributed by atoms with Gasteiger partial charge in [-0.25, -0.2) is 13.8 Å². The van der Waals surface area contributed by atoms with Gasteiger partial charge in [0.05, 0.1) is 24.3 Å². The van der Waals surface area contributed by atoms with Gasteiger partial charge in [-0.05, 0) is 36.2 Å². The van der Waals surface area contributed by atoms with Crippen LogP contribution in [0.25, 0.3) is 0 Å². The predicted octanol–water partition coefficient (Wildman–Crippen LogP) is 2.39. The van der Waals surface area contributed by atoms with Crippen molar-refractivity contribution in [2.24, 2.45) is 5.10 Å². The second kappa shape index (κ2) is 11.1. The molecule has 1 aliphatic rings. The number of carbonyl (C=O) groups excluding carboxylic acids is 1. The number of para-hydroxylation sites is 1. The number of amides is 1. The summed E-state index contributed by atoms with van der Waals surface area (Å²) in [5.41, 5.74) is 3.42. The average Bonchev–Trinajstić information content (AvgIpc) is 2.79. The Morgan fingerprint density at radius 2 is 1.84 bits per heavy atom. The van der Waals surface area contributed by atoms with Crippen LogP contribution in [0.15, 0.2) is 58.5 Å². The molecular formula is C21H23F2N3O5S. The summed E-state index contributed by atoms with van der Waals surface area (Å²) in [5, 5.41) is 3.78. The maximum Gasteiger partial charge on any atom is 0.387 e. The summed E-state index contributed by atoms with van der Waals surface area (Å²) in [7, 11) is -3.56. The number of nitrogens with one attached hydrogen (secondary N) is 1. The van der Waals surface area contributed by atoms with E-state index in [4.69, 9.17) is 4.74 Å². The Bertz CT molecular complexity index is 1040. The van der Waals surface area contributed by atoms with E-state index in [0.29, 0.717) is 38.3 Å². The van der Waals surface area contributed by atoms with Crippen LogP contribution in [0, 0.1) is 0 Å². The third-order valence-corrected chi connectivity index (χ3v) is 6.61. The summed E-state index contributed by atoms with van der Waals surface area (Å²) < 4.78 is 61.1. The number of carbonyl (C=O) groups is 1. The number of aryl methyl sites for hydroxylation is 1. The zero-order valence-corrected chi connectivity index (χ0v) is 17.9. The Labute approximate surface area is 184 Å². The molecule has 0 bridgehead atoms. The van der Waals surface area contributed by atoms with Crippen molar-refractivity contribution in [1.29, 1.82) is 0 Å². The van der Waals surface area contributed by atoms with Crippen LogP contribution in [0.4, 0.5) is 8.78 Å². The molecule has 8 nitrogen and oxygen atoms in total. The van der Waals surface area contributed by atoms with E-state index in [9.17, 15) is 22.0 Å². The number of rotatable bonds is 9. The minimum atomic E-state index is -3.56. The molecular weight excluding hydrogens is 444 g/mol. The first-order valence-electron chi connectivity index (χ1n) is 9.89. The van der Waals surface area contributed by atoms with E-state index in [-0.39, 0.29) is 23.0 Å². The maximum atomic E-state index is 12.6. The number of nitrogens with zero attached hydrogens (tertiary/aromatic N) is 2. The second-order valence-electron chi connectivity index (χ2n) is 6.87. The van der Waals surface area contributed by atoms with Crippen molar-refractivity contribution in [3.8, 4) is 5.75 Å². The topological polar surface area (TPSA) is 97.3 Å². The van der Waals surface area contributed by atoms with Crippen molar-refractivity contribution in [3.63, 3.8) is 0 Å². The highest BCUT2D eigenvalue weighted by molar-refractivity contribution is 7.89. The fourth-order valence-electron chi connectivity index (χ4n) is 3.04. The quantitative estimate of drug-likeness (QED) is 0.451. The molecule has 0 unspecified atom stereocenters. The molecule has 3 rings (SSSR count). The van der Waals surface area contributed by atoms with Gasteiger partial charge in [-0.1, -0.05) is 24.3 Å².